The first-order valence-corrected chi connectivity index (χ1v) is 9.40. The smallest absolute Gasteiger partial charge is 0.251 e. The Morgan fingerprint density at radius 2 is 1.85 bits per heavy atom. The van der Waals surface area contributed by atoms with E-state index in [4.69, 9.17) is 0 Å². The van der Waals surface area contributed by atoms with Crippen molar-refractivity contribution < 1.29 is 4.79 Å². The van der Waals surface area contributed by atoms with Gasteiger partial charge in [0, 0.05) is 42.3 Å². The average Bonchev–Trinajstić information content (AvgIpc) is 2.63. The number of benzene rings is 1. The van der Waals surface area contributed by atoms with Crippen molar-refractivity contribution in [3.05, 3.63) is 48.2 Å². The molecule has 1 aromatic carbocycles. The van der Waals surface area contributed by atoms with E-state index < -0.39 is 0 Å². The molecular weight excluding hydrogens is 324 g/mol. The van der Waals surface area contributed by atoms with E-state index in [-0.39, 0.29) is 11.9 Å². The lowest BCUT2D eigenvalue weighted by Gasteiger charge is -2.32. The van der Waals surface area contributed by atoms with Crippen LogP contribution in [0, 0.1) is 5.92 Å². The molecule has 2 aromatic rings. The van der Waals surface area contributed by atoms with Gasteiger partial charge in [0.05, 0.1) is 0 Å². The van der Waals surface area contributed by atoms with Crippen molar-refractivity contribution in [2.24, 2.45) is 5.92 Å². The fraction of sp³-hybridized carbons (Fsp3) is 0.429. The highest BCUT2D eigenvalue weighted by molar-refractivity contribution is 5.95. The van der Waals surface area contributed by atoms with E-state index in [0.29, 0.717) is 11.4 Å². The fourth-order valence-corrected chi connectivity index (χ4v) is 3.16. The number of rotatable bonds is 5. The molecule has 0 bridgehead atoms. The van der Waals surface area contributed by atoms with Crippen molar-refractivity contribution in [1.29, 1.82) is 0 Å². The van der Waals surface area contributed by atoms with Gasteiger partial charge in [-0.1, -0.05) is 6.92 Å². The molecule has 2 N–H and O–H groups in total. The average molecular weight is 352 g/mol. The summed E-state index contributed by atoms with van der Waals surface area (Å²) in [5.41, 5.74) is 2.84. The van der Waals surface area contributed by atoms with Crippen LogP contribution in [0.4, 0.5) is 17.2 Å². The summed E-state index contributed by atoms with van der Waals surface area (Å²) in [6.45, 7) is 8.48. The van der Waals surface area contributed by atoms with Crippen LogP contribution in [0.2, 0.25) is 0 Å². The molecule has 0 atom stereocenters. The summed E-state index contributed by atoms with van der Waals surface area (Å²) in [7, 11) is 0. The minimum Gasteiger partial charge on any atom is -0.372 e. The number of aromatic nitrogens is 1. The molecule has 0 radical (unpaired) electrons. The van der Waals surface area contributed by atoms with Gasteiger partial charge in [0.25, 0.3) is 5.91 Å². The first-order valence-electron chi connectivity index (χ1n) is 9.40. The first-order chi connectivity index (χ1) is 12.5. The van der Waals surface area contributed by atoms with Gasteiger partial charge in [0.1, 0.15) is 5.82 Å². The minimum atomic E-state index is -0.0832. The van der Waals surface area contributed by atoms with Gasteiger partial charge >= 0.3 is 0 Å². The zero-order valence-corrected chi connectivity index (χ0v) is 15.8. The van der Waals surface area contributed by atoms with Gasteiger partial charge in [-0.15, -0.1) is 0 Å². The Balaban J connectivity index is 1.65. The first kappa shape index (κ1) is 18.2. The second-order valence-electron chi connectivity index (χ2n) is 7.40. The molecule has 1 saturated heterocycles. The van der Waals surface area contributed by atoms with Gasteiger partial charge in [0.15, 0.2) is 0 Å². The highest BCUT2D eigenvalue weighted by atomic mass is 16.1. The number of hydrogen-bond acceptors (Lipinski definition) is 4. The Hall–Kier alpha value is -2.56. The molecule has 5 heteroatoms. The van der Waals surface area contributed by atoms with E-state index in [1.54, 1.807) is 18.3 Å². The largest absolute Gasteiger partial charge is 0.372 e. The van der Waals surface area contributed by atoms with Crippen molar-refractivity contribution >= 4 is 23.1 Å². The molecule has 0 unspecified atom stereocenters. The molecule has 1 aliphatic rings. The molecule has 1 aromatic heterocycles. The Labute approximate surface area is 155 Å². The Morgan fingerprint density at radius 1 is 1.15 bits per heavy atom. The number of anilines is 3. The number of pyridine rings is 1. The zero-order chi connectivity index (χ0) is 18.5. The summed E-state index contributed by atoms with van der Waals surface area (Å²) in [5.74, 6) is 1.42. The van der Waals surface area contributed by atoms with E-state index in [1.165, 1.54) is 18.5 Å². The van der Waals surface area contributed by atoms with E-state index in [1.807, 2.05) is 13.8 Å². The van der Waals surface area contributed by atoms with E-state index in [2.05, 4.69) is 51.7 Å². The lowest BCUT2D eigenvalue weighted by Crippen LogP contribution is -2.32. The van der Waals surface area contributed by atoms with Crippen LogP contribution < -0.4 is 15.5 Å². The zero-order valence-electron chi connectivity index (χ0n) is 15.8. The molecule has 138 valence electrons. The van der Waals surface area contributed by atoms with Crippen LogP contribution in [0.5, 0.6) is 0 Å². The predicted octanol–water partition coefficient (Wildman–Crippen LogP) is 4.20. The van der Waals surface area contributed by atoms with Crippen molar-refractivity contribution in [3.63, 3.8) is 0 Å². The normalized spacial score (nSPS) is 15.2. The standard InChI is InChI=1S/C21H28N4O/c1-15(2)23-21(26)17-8-11-22-20(14-17)24-18-4-6-19(7-5-18)25-12-9-16(3)10-13-25/h4-8,11,14-16H,9-10,12-13H2,1-3H3,(H,22,24)(H,23,26). The summed E-state index contributed by atoms with van der Waals surface area (Å²) in [6, 6.07) is 12.0. The van der Waals surface area contributed by atoms with Crippen LogP contribution in [0.25, 0.3) is 0 Å². The molecule has 1 aliphatic heterocycles. The lowest BCUT2D eigenvalue weighted by molar-refractivity contribution is 0.0943. The number of piperidine rings is 1. The summed E-state index contributed by atoms with van der Waals surface area (Å²) in [4.78, 5) is 18.9. The number of hydrogen-bond donors (Lipinski definition) is 2. The SMILES string of the molecule is CC1CCN(c2ccc(Nc3cc(C(=O)NC(C)C)ccn3)cc2)CC1. The highest BCUT2D eigenvalue weighted by Gasteiger charge is 2.15. The molecule has 5 nitrogen and oxygen atoms in total. The minimum absolute atomic E-state index is 0.0832. The monoisotopic (exact) mass is 352 g/mol. The number of amides is 1. The molecule has 1 fully saturated rings. The fourth-order valence-electron chi connectivity index (χ4n) is 3.16. The topological polar surface area (TPSA) is 57.3 Å². The molecule has 0 spiro atoms. The van der Waals surface area contributed by atoms with Crippen LogP contribution in [0.3, 0.4) is 0 Å². The van der Waals surface area contributed by atoms with Crippen LogP contribution in [-0.4, -0.2) is 30.0 Å². The second kappa shape index (κ2) is 8.21. The molecular formula is C21H28N4O. The van der Waals surface area contributed by atoms with Gasteiger partial charge in [-0.05, 0) is 69.0 Å². The van der Waals surface area contributed by atoms with Crippen LogP contribution in [0.15, 0.2) is 42.6 Å². The molecule has 3 rings (SSSR count). The van der Waals surface area contributed by atoms with Crippen molar-refractivity contribution in [3.8, 4) is 0 Å². The van der Waals surface area contributed by atoms with E-state index in [9.17, 15) is 4.79 Å². The van der Waals surface area contributed by atoms with Gasteiger partial charge in [0.2, 0.25) is 0 Å². The quantitative estimate of drug-likeness (QED) is 0.847. The van der Waals surface area contributed by atoms with Crippen molar-refractivity contribution in [1.82, 2.24) is 10.3 Å². The Bertz CT molecular complexity index is 734. The maximum Gasteiger partial charge on any atom is 0.251 e. The van der Waals surface area contributed by atoms with E-state index >= 15 is 0 Å². The number of nitrogens with one attached hydrogen (secondary N) is 2. The third-order valence-corrected chi connectivity index (χ3v) is 4.73. The van der Waals surface area contributed by atoms with Gasteiger partial charge in [-0.25, -0.2) is 4.98 Å². The molecule has 2 heterocycles. The summed E-state index contributed by atoms with van der Waals surface area (Å²) < 4.78 is 0. The predicted molar refractivity (Wildman–Crippen MR) is 107 cm³/mol. The van der Waals surface area contributed by atoms with E-state index in [0.717, 1.165) is 24.7 Å². The lowest BCUT2D eigenvalue weighted by atomic mass is 9.99. The van der Waals surface area contributed by atoms with Crippen LogP contribution in [0.1, 0.15) is 44.0 Å². The molecule has 0 saturated carbocycles. The van der Waals surface area contributed by atoms with Crippen molar-refractivity contribution in [2.45, 2.75) is 39.7 Å². The molecule has 26 heavy (non-hydrogen) atoms. The maximum absolute atomic E-state index is 12.1. The molecule has 1 amide bonds. The number of carbonyl (C=O) groups is 1. The summed E-state index contributed by atoms with van der Waals surface area (Å²) in [5, 5.41) is 6.18. The van der Waals surface area contributed by atoms with Gasteiger partial charge < -0.3 is 15.5 Å². The molecule has 0 aliphatic carbocycles. The maximum atomic E-state index is 12.1. The van der Waals surface area contributed by atoms with Crippen LogP contribution in [-0.2, 0) is 0 Å². The highest BCUT2D eigenvalue weighted by Crippen LogP contribution is 2.25. The Morgan fingerprint density at radius 3 is 2.50 bits per heavy atom. The van der Waals surface area contributed by atoms with Crippen LogP contribution >= 0.6 is 0 Å². The number of nitrogens with zero attached hydrogens (tertiary/aromatic N) is 2. The third-order valence-electron chi connectivity index (χ3n) is 4.73. The third kappa shape index (κ3) is 4.75. The van der Waals surface area contributed by atoms with Gasteiger partial charge in [-0.3, -0.25) is 4.79 Å². The summed E-state index contributed by atoms with van der Waals surface area (Å²) in [6.07, 6.45) is 4.17. The van der Waals surface area contributed by atoms with Gasteiger partial charge in [-0.2, -0.15) is 0 Å². The Kier molecular flexibility index (Phi) is 5.76. The van der Waals surface area contributed by atoms with Crippen molar-refractivity contribution in [2.75, 3.05) is 23.3 Å². The summed E-state index contributed by atoms with van der Waals surface area (Å²) >= 11 is 0. The number of carbonyl (C=O) groups excluding carboxylic acids is 1. The second-order valence-corrected chi connectivity index (χ2v) is 7.40.